The van der Waals surface area contributed by atoms with Gasteiger partial charge in [-0.25, -0.2) is 9.97 Å². The molecule has 2 aromatic rings. The second-order valence-corrected chi connectivity index (χ2v) is 5.03. The lowest BCUT2D eigenvalue weighted by atomic mass is 10.00. The van der Waals surface area contributed by atoms with Crippen molar-refractivity contribution in [2.24, 2.45) is 0 Å². The van der Waals surface area contributed by atoms with Crippen molar-refractivity contribution in [3.8, 4) is 17.5 Å². The van der Waals surface area contributed by atoms with Crippen LogP contribution in [0.4, 0.5) is 0 Å². The molecule has 0 bridgehead atoms. The first-order valence-corrected chi connectivity index (χ1v) is 7.19. The number of hydrogen-bond acceptors (Lipinski definition) is 6. The Labute approximate surface area is 133 Å². The van der Waals surface area contributed by atoms with Crippen molar-refractivity contribution in [2.75, 3.05) is 20.8 Å². The zero-order valence-electron chi connectivity index (χ0n) is 12.9. The molecule has 0 aliphatic carbocycles. The van der Waals surface area contributed by atoms with E-state index >= 15 is 0 Å². The molecule has 1 atom stereocenters. The van der Waals surface area contributed by atoms with Gasteiger partial charge in [0, 0.05) is 24.4 Å². The van der Waals surface area contributed by atoms with E-state index in [-0.39, 0.29) is 18.0 Å². The molecular weight excluding hydrogens is 298 g/mol. The number of fused-ring (bicyclic) bond motifs is 1. The first kappa shape index (κ1) is 15.1. The fourth-order valence-electron chi connectivity index (χ4n) is 2.43. The Morgan fingerprint density at radius 1 is 1.26 bits per heavy atom. The Bertz CT molecular complexity index is 703. The van der Waals surface area contributed by atoms with E-state index in [0.29, 0.717) is 18.6 Å². The first-order chi connectivity index (χ1) is 11.2. The molecule has 1 aliphatic rings. The third-order valence-corrected chi connectivity index (χ3v) is 3.63. The molecule has 7 heteroatoms. The second kappa shape index (κ2) is 6.51. The van der Waals surface area contributed by atoms with Crippen LogP contribution in [0.25, 0.3) is 0 Å². The highest BCUT2D eigenvalue weighted by molar-refractivity contribution is 5.93. The van der Waals surface area contributed by atoms with Crippen molar-refractivity contribution in [3.05, 3.63) is 41.7 Å². The van der Waals surface area contributed by atoms with Gasteiger partial charge in [-0.3, -0.25) is 4.79 Å². The van der Waals surface area contributed by atoms with Gasteiger partial charge in [0.1, 0.15) is 11.5 Å². The summed E-state index contributed by atoms with van der Waals surface area (Å²) in [5.41, 5.74) is 1.28. The number of rotatable bonds is 4. The monoisotopic (exact) mass is 315 g/mol. The number of nitrogens with one attached hydrogen (secondary N) is 1. The zero-order valence-corrected chi connectivity index (χ0v) is 12.9. The Hall–Kier alpha value is -2.83. The van der Waals surface area contributed by atoms with Crippen LogP contribution in [0.2, 0.25) is 0 Å². The molecule has 1 aliphatic heterocycles. The van der Waals surface area contributed by atoms with Gasteiger partial charge in [-0.1, -0.05) is 0 Å². The van der Waals surface area contributed by atoms with Crippen LogP contribution >= 0.6 is 0 Å². The summed E-state index contributed by atoms with van der Waals surface area (Å²) >= 11 is 0. The topological polar surface area (TPSA) is 82.6 Å². The maximum Gasteiger partial charge on any atom is 0.316 e. The minimum atomic E-state index is -0.242. The SMILES string of the molecule is COc1ccc2c(c1)[C@@H](NC(=O)c1cnc(OC)nc1)CCO2. The summed E-state index contributed by atoms with van der Waals surface area (Å²) in [6, 6.07) is 5.64. The normalized spacial score (nSPS) is 16.0. The van der Waals surface area contributed by atoms with Crippen LogP contribution in [0.5, 0.6) is 17.5 Å². The highest BCUT2D eigenvalue weighted by atomic mass is 16.5. The highest BCUT2D eigenvalue weighted by Crippen LogP contribution is 2.34. The van der Waals surface area contributed by atoms with E-state index < -0.39 is 0 Å². The minimum Gasteiger partial charge on any atom is -0.497 e. The Kier molecular flexibility index (Phi) is 4.27. The van der Waals surface area contributed by atoms with Crippen molar-refractivity contribution < 1.29 is 19.0 Å². The van der Waals surface area contributed by atoms with E-state index in [2.05, 4.69) is 15.3 Å². The van der Waals surface area contributed by atoms with Gasteiger partial charge in [0.2, 0.25) is 0 Å². The van der Waals surface area contributed by atoms with Crippen molar-refractivity contribution >= 4 is 5.91 Å². The summed E-state index contributed by atoms with van der Waals surface area (Å²) in [5.74, 6) is 1.24. The number of nitrogens with zero attached hydrogens (tertiary/aromatic N) is 2. The zero-order chi connectivity index (χ0) is 16.2. The van der Waals surface area contributed by atoms with E-state index in [1.54, 1.807) is 7.11 Å². The van der Waals surface area contributed by atoms with Crippen LogP contribution in [-0.4, -0.2) is 36.7 Å². The molecule has 1 N–H and O–H groups in total. The molecule has 120 valence electrons. The average molecular weight is 315 g/mol. The van der Waals surface area contributed by atoms with Gasteiger partial charge in [-0.2, -0.15) is 0 Å². The average Bonchev–Trinajstić information content (AvgIpc) is 2.61. The largest absolute Gasteiger partial charge is 0.497 e. The summed E-state index contributed by atoms with van der Waals surface area (Å²) < 4.78 is 15.8. The fourth-order valence-corrected chi connectivity index (χ4v) is 2.43. The lowest BCUT2D eigenvalue weighted by molar-refractivity contribution is 0.0923. The molecule has 0 saturated carbocycles. The number of aromatic nitrogens is 2. The third kappa shape index (κ3) is 3.18. The van der Waals surface area contributed by atoms with E-state index in [9.17, 15) is 4.79 Å². The molecule has 0 spiro atoms. The molecule has 7 nitrogen and oxygen atoms in total. The Balaban J connectivity index is 1.79. The fraction of sp³-hybridized carbons (Fsp3) is 0.312. The van der Waals surface area contributed by atoms with Crippen molar-refractivity contribution in [1.29, 1.82) is 0 Å². The molecule has 0 saturated heterocycles. The van der Waals surface area contributed by atoms with E-state index in [0.717, 1.165) is 17.1 Å². The summed E-state index contributed by atoms with van der Waals surface area (Å²) in [5, 5.41) is 2.98. The summed E-state index contributed by atoms with van der Waals surface area (Å²) in [6.07, 6.45) is 3.56. The molecule has 0 radical (unpaired) electrons. The second-order valence-electron chi connectivity index (χ2n) is 5.03. The molecule has 23 heavy (non-hydrogen) atoms. The number of amides is 1. The lowest BCUT2D eigenvalue weighted by Gasteiger charge is -2.27. The molecule has 2 heterocycles. The van der Waals surface area contributed by atoms with Gasteiger partial charge < -0.3 is 19.5 Å². The standard InChI is InChI=1S/C16H17N3O4/c1-21-11-3-4-14-12(7-11)13(5-6-23-14)19-15(20)10-8-17-16(22-2)18-9-10/h3-4,7-9,13H,5-6H2,1-2H3,(H,19,20)/t13-/m0/s1. The van der Waals surface area contributed by atoms with Crippen molar-refractivity contribution in [1.82, 2.24) is 15.3 Å². The smallest absolute Gasteiger partial charge is 0.316 e. The van der Waals surface area contributed by atoms with Gasteiger partial charge in [-0.15, -0.1) is 0 Å². The number of methoxy groups -OCH3 is 2. The summed E-state index contributed by atoms with van der Waals surface area (Å²) in [7, 11) is 3.08. The van der Waals surface area contributed by atoms with Gasteiger partial charge in [0.15, 0.2) is 0 Å². The summed E-state index contributed by atoms with van der Waals surface area (Å²) in [4.78, 5) is 20.3. The van der Waals surface area contributed by atoms with E-state index in [4.69, 9.17) is 14.2 Å². The van der Waals surface area contributed by atoms with Crippen LogP contribution in [0, 0.1) is 0 Å². The highest BCUT2D eigenvalue weighted by Gasteiger charge is 2.24. The minimum absolute atomic E-state index is 0.150. The van der Waals surface area contributed by atoms with E-state index in [1.165, 1.54) is 19.5 Å². The Morgan fingerprint density at radius 2 is 2.04 bits per heavy atom. The number of carbonyl (C=O) groups is 1. The molecule has 0 fully saturated rings. The summed E-state index contributed by atoms with van der Waals surface area (Å²) in [6.45, 7) is 0.545. The van der Waals surface area contributed by atoms with Crippen LogP contribution < -0.4 is 19.5 Å². The van der Waals surface area contributed by atoms with Crippen molar-refractivity contribution in [3.63, 3.8) is 0 Å². The van der Waals surface area contributed by atoms with Gasteiger partial charge in [-0.05, 0) is 18.2 Å². The Morgan fingerprint density at radius 3 is 2.74 bits per heavy atom. The predicted octanol–water partition coefficient (Wildman–Crippen LogP) is 1.75. The number of carbonyl (C=O) groups excluding carboxylic acids is 1. The van der Waals surface area contributed by atoms with Crippen LogP contribution in [0.3, 0.4) is 0 Å². The van der Waals surface area contributed by atoms with Gasteiger partial charge in [0.25, 0.3) is 5.91 Å². The lowest BCUT2D eigenvalue weighted by Crippen LogP contribution is -2.32. The maximum atomic E-state index is 12.4. The third-order valence-electron chi connectivity index (χ3n) is 3.63. The molecule has 1 amide bonds. The number of hydrogen-bond donors (Lipinski definition) is 1. The molecule has 3 rings (SSSR count). The molecule has 0 unspecified atom stereocenters. The van der Waals surface area contributed by atoms with Crippen LogP contribution in [0.15, 0.2) is 30.6 Å². The van der Waals surface area contributed by atoms with E-state index in [1.807, 2.05) is 18.2 Å². The molecule has 1 aromatic heterocycles. The number of ether oxygens (including phenoxy) is 3. The molecular formula is C16H17N3O4. The number of benzene rings is 1. The van der Waals surface area contributed by atoms with Gasteiger partial charge in [0.05, 0.1) is 32.4 Å². The quantitative estimate of drug-likeness (QED) is 0.925. The first-order valence-electron chi connectivity index (χ1n) is 7.19. The van der Waals surface area contributed by atoms with Crippen molar-refractivity contribution in [2.45, 2.75) is 12.5 Å². The van der Waals surface area contributed by atoms with Crippen LogP contribution in [-0.2, 0) is 0 Å². The maximum absolute atomic E-state index is 12.4. The van der Waals surface area contributed by atoms with Gasteiger partial charge >= 0.3 is 6.01 Å². The molecule has 1 aromatic carbocycles. The van der Waals surface area contributed by atoms with Crippen LogP contribution in [0.1, 0.15) is 28.4 Å². The predicted molar refractivity (Wildman–Crippen MR) is 81.9 cm³/mol.